The number of aromatic nitrogens is 3. The molecule has 0 aliphatic rings. The third-order valence-corrected chi connectivity index (χ3v) is 3.55. The number of hydrogen-bond donors (Lipinski definition) is 2. The minimum absolute atomic E-state index is 0.0528. The number of hydrogen-bond acceptors (Lipinski definition) is 6. The Morgan fingerprint density at radius 2 is 1.86 bits per heavy atom. The Morgan fingerprint density at radius 3 is 2.43 bits per heavy atom. The highest BCUT2D eigenvalue weighted by Gasteiger charge is 2.18. The van der Waals surface area contributed by atoms with Crippen LogP contribution in [0.3, 0.4) is 0 Å². The summed E-state index contributed by atoms with van der Waals surface area (Å²) in [6.45, 7) is 10.9. The highest BCUT2D eigenvalue weighted by Crippen LogP contribution is 2.23. The van der Waals surface area contributed by atoms with Crippen LogP contribution >= 0.6 is 11.6 Å². The quantitative estimate of drug-likeness (QED) is 0.729. The molecular weight excluding hydrogens is 290 g/mol. The van der Waals surface area contributed by atoms with Gasteiger partial charge in [-0.2, -0.15) is 15.0 Å². The lowest BCUT2D eigenvalue weighted by Gasteiger charge is -2.25. The van der Waals surface area contributed by atoms with Gasteiger partial charge < -0.3 is 15.3 Å². The van der Waals surface area contributed by atoms with E-state index in [-0.39, 0.29) is 17.3 Å². The van der Waals surface area contributed by atoms with Gasteiger partial charge in [0.05, 0.1) is 0 Å². The van der Waals surface area contributed by atoms with Crippen molar-refractivity contribution in [3.05, 3.63) is 5.28 Å². The van der Waals surface area contributed by atoms with E-state index in [0.717, 1.165) is 25.9 Å². The van der Waals surface area contributed by atoms with Crippen LogP contribution in [0.25, 0.3) is 0 Å². The first-order valence-electron chi connectivity index (χ1n) is 7.43. The highest BCUT2D eigenvalue weighted by molar-refractivity contribution is 6.28. The van der Waals surface area contributed by atoms with E-state index < -0.39 is 0 Å². The van der Waals surface area contributed by atoms with Gasteiger partial charge in [-0.05, 0) is 43.7 Å². The molecule has 0 aliphatic carbocycles. The zero-order valence-electron chi connectivity index (χ0n) is 13.4. The molecule has 21 heavy (non-hydrogen) atoms. The van der Waals surface area contributed by atoms with Crippen LogP contribution in [0.15, 0.2) is 0 Å². The maximum atomic E-state index is 8.93. The maximum absolute atomic E-state index is 8.93. The first-order chi connectivity index (χ1) is 9.91. The van der Waals surface area contributed by atoms with Crippen molar-refractivity contribution >= 4 is 23.5 Å². The Morgan fingerprint density at radius 1 is 1.19 bits per heavy atom. The summed E-state index contributed by atoms with van der Waals surface area (Å²) >= 11 is 5.98. The summed E-state index contributed by atoms with van der Waals surface area (Å²) in [4.78, 5) is 14.7. The molecule has 1 rings (SSSR count). The minimum Gasteiger partial charge on any atom is -0.396 e. The highest BCUT2D eigenvalue weighted by atomic mass is 35.5. The fraction of sp³-hybridized carbons (Fsp3) is 0.786. The molecule has 0 unspecified atom stereocenters. The first-order valence-corrected chi connectivity index (χ1v) is 7.81. The van der Waals surface area contributed by atoms with Gasteiger partial charge in [0, 0.05) is 26.2 Å². The fourth-order valence-corrected chi connectivity index (χ4v) is 2.19. The molecule has 7 heteroatoms. The van der Waals surface area contributed by atoms with Gasteiger partial charge in [0.1, 0.15) is 0 Å². The van der Waals surface area contributed by atoms with Crippen molar-refractivity contribution in [2.24, 2.45) is 5.41 Å². The average Bonchev–Trinajstić information content (AvgIpc) is 2.44. The van der Waals surface area contributed by atoms with Crippen molar-refractivity contribution in [2.75, 3.05) is 36.5 Å². The second-order valence-corrected chi connectivity index (χ2v) is 6.08. The van der Waals surface area contributed by atoms with Crippen LogP contribution in [0.2, 0.25) is 5.28 Å². The second-order valence-electron chi connectivity index (χ2n) is 5.75. The van der Waals surface area contributed by atoms with Crippen molar-refractivity contribution in [2.45, 2.75) is 40.5 Å². The van der Waals surface area contributed by atoms with E-state index in [0.29, 0.717) is 18.4 Å². The molecule has 0 fully saturated rings. The zero-order valence-corrected chi connectivity index (χ0v) is 14.1. The monoisotopic (exact) mass is 315 g/mol. The van der Waals surface area contributed by atoms with Crippen molar-refractivity contribution in [1.82, 2.24) is 15.0 Å². The molecule has 6 nitrogen and oxygen atoms in total. The number of aliphatic hydroxyl groups excluding tert-OH is 1. The Balaban J connectivity index is 2.75. The fourth-order valence-electron chi connectivity index (χ4n) is 2.03. The predicted octanol–water partition coefficient (Wildman–Crippen LogP) is 2.58. The van der Waals surface area contributed by atoms with Crippen LogP contribution in [0.4, 0.5) is 11.9 Å². The number of anilines is 2. The van der Waals surface area contributed by atoms with Gasteiger partial charge in [0.25, 0.3) is 0 Å². The molecule has 1 aromatic heterocycles. The standard InChI is InChI=1S/C14H26ClN5O/c1-5-20(6-2)13-18-11(15)17-12(19-13)16-10-14(3,4)8-7-9-21/h21H,5-10H2,1-4H3,(H,16,17,18,19). The van der Waals surface area contributed by atoms with E-state index in [1.807, 2.05) is 18.7 Å². The topological polar surface area (TPSA) is 74.2 Å². The third-order valence-electron chi connectivity index (χ3n) is 3.38. The van der Waals surface area contributed by atoms with E-state index in [1.165, 1.54) is 0 Å². The number of halogens is 1. The summed E-state index contributed by atoms with van der Waals surface area (Å²) in [6.07, 6.45) is 1.72. The minimum atomic E-state index is 0.0528. The summed E-state index contributed by atoms with van der Waals surface area (Å²) in [5, 5.41) is 12.3. The smallest absolute Gasteiger partial charge is 0.231 e. The molecule has 1 heterocycles. The number of nitrogens with zero attached hydrogens (tertiary/aromatic N) is 4. The number of rotatable bonds is 9. The molecule has 0 aromatic carbocycles. The van der Waals surface area contributed by atoms with E-state index in [9.17, 15) is 0 Å². The van der Waals surface area contributed by atoms with Crippen LogP contribution in [-0.2, 0) is 0 Å². The maximum Gasteiger partial charge on any atom is 0.231 e. The Labute approximate surface area is 132 Å². The van der Waals surface area contributed by atoms with E-state index >= 15 is 0 Å². The molecule has 1 aromatic rings. The summed E-state index contributed by atoms with van der Waals surface area (Å²) in [6, 6.07) is 0. The van der Waals surface area contributed by atoms with Gasteiger partial charge >= 0.3 is 0 Å². The van der Waals surface area contributed by atoms with E-state index in [4.69, 9.17) is 16.7 Å². The summed E-state index contributed by atoms with van der Waals surface area (Å²) in [5.74, 6) is 1.09. The summed E-state index contributed by atoms with van der Waals surface area (Å²) in [7, 11) is 0. The first kappa shape index (κ1) is 17.9. The van der Waals surface area contributed by atoms with Gasteiger partial charge in [-0.1, -0.05) is 13.8 Å². The predicted molar refractivity (Wildman–Crippen MR) is 87.0 cm³/mol. The molecular formula is C14H26ClN5O. The van der Waals surface area contributed by atoms with Crippen molar-refractivity contribution in [1.29, 1.82) is 0 Å². The molecule has 0 saturated heterocycles. The lowest BCUT2D eigenvalue weighted by atomic mass is 9.88. The van der Waals surface area contributed by atoms with Crippen LogP contribution in [0.1, 0.15) is 40.5 Å². The average molecular weight is 316 g/mol. The van der Waals surface area contributed by atoms with E-state index in [1.54, 1.807) is 0 Å². The van der Waals surface area contributed by atoms with Gasteiger partial charge in [-0.25, -0.2) is 0 Å². The van der Waals surface area contributed by atoms with Crippen molar-refractivity contribution in [3.8, 4) is 0 Å². The lowest BCUT2D eigenvalue weighted by Crippen LogP contribution is -2.27. The van der Waals surface area contributed by atoms with Crippen LogP contribution in [-0.4, -0.2) is 46.3 Å². The third kappa shape index (κ3) is 6.01. The molecule has 0 radical (unpaired) electrons. The second kappa shape index (κ2) is 8.34. The molecule has 0 spiro atoms. The molecule has 0 amide bonds. The summed E-state index contributed by atoms with van der Waals surface area (Å²) in [5.41, 5.74) is 0.0528. The van der Waals surface area contributed by atoms with Crippen LogP contribution in [0, 0.1) is 5.41 Å². The number of aliphatic hydroxyl groups is 1. The van der Waals surface area contributed by atoms with Gasteiger partial charge in [-0.3, -0.25) is 0 Å². The Kier molecular flexibility index (Phi) is 7.11. The lowest BCUT2D eigenvalue weighted by molar-refractivity contribution is 0.247. The van der Waals surface area contributed by atoms with Gasteiger partial charge in [0.2, 0.25) is 17.2 Å². The largest absolute Gasteiger partial charge is 0.396 e. The Hall–Kier alpha value is -1.14. The van der Waals surface area contributed by atoms with Crippen LogP contribution in [0.5, 0.6) is 0 Å². The molecule has 0 atom stereocenters. The van der Waals surface area contributed by atoms with E-state index in [2.05, 4.69) is 34.1 Å². The van der Waals surface area contributed by atoms with Crippen molar-refractivity contribution < 1.29 is 5.11 Å². The number of nitrogens with one attached hydrogen (secondary N) is 1. The zero-order chi connectivity index (χ0) is 15.9. The molecule has 2 N–H and O–H groups in total. The Bertz CT molecular complexity index is 437. The van der Waals surface area contributed by atoms with Crippen molar-refractivity contribution in [3.63, 3.8) is 0 Å². The molecule has 120 valence electrons. The normalized spacial score (nSPS) is 11.5. The SMILES string of the molecule is CCN(CC)c1nc(Cl)nc(NCC(C)(C)CCCO)n1. The molecule has 0 bridgehead atoms. The van der Waals surface area contributed by atoms with Crippen LogP contribution < -0.4 is 10.2 Å². The molecule has 0 saturated carbocycles. The summed E-state index contributed by atoms with van der Waals surface area (Å²) < 4.78 is 0. The van der Waals surface area contributed by atoms with Gasteiger partial charge in [0.15, 0.2) is 0 Å². The van der Waals surface area contributed by atoms with Gasteiger partial charge in [-0.15, -0.1) is 0 Å². The molecule has 0 aliphatic heterocycles.